The highest BCUT2D eigenvalue weighted by Gasteiger charge is 2.38. The molecular formula is C23H24F2N2O4. The number of carbonyl (C=O) groups excluding carboxylic acids is 1. The SMILES string of the molecule is CC(C)n1c(=O)oc2cc(NC(=O)C3CCC(O)(c4ccc(F)cc4F)CC3)ccc21. The summed E-state index contributed by atoms with van der Waals surface area (Å²) in [5, 5.41) is 13.7. The average molecular weight is 430 g/mol. The van der Waals surface area contributed by atoms with E-state index in [9.17, 15) is 23.5 Å². The van der Waals surface area contributed by atoms with Crippen molar-refractivity contribution in [1.29, 1.82) is 0 Å². The number of carbonyl (C=O) groups is 1. The number of oxazole rings is 1. The molecule has 0 radical (unpaired) electrons. The van der Waals surface area contributed by atoms with E-state index in [-0.39, 0.29) is 36.3 Å². The van der Waals surface area contributed by atoms with Crippen molar-refractivity contribution in [2.24, 2.45) is 5.92 Å². The summed E-state index contributed by atoms with van der Waals surface area (Å²) in [5.74, 6) is -2.51. The van der Waals surface area contributed by atoms with Crippen LogP contribution in [0.1, 0.15) is 51.1 Å². The number of rotatable bonds is 4. The van der Waals surface area contributed by atoms with Crippen LogP contribution in [-0.2, 0) is 10.4 Å². The Morgan fingerprint density at radius 1 is 1.19 bits per heavy atom. The fraction of sp³-hybridized carbons (Fsp3) is 0.391. The third-order valence-electron chi connectivity index (χ3n) is 6.01. The molecule has 31 heavy (non-hydrogen) atoms. The lowest BCUT2D eigenvalue weighted by molar-refractivity contribution is -0.123. The van der Waals surface area contributed by atoms with Crippen LogP contribution in [0.4, 0.5) is 14.5 Å². The Balaban J connectivity index is 1.45. The molecule has 1 aliphatic rings. The minimum Gasteiger partial charge on any atom is -0.408 e. The Hall–Kier alpha value is -3.00. The zero-order valence-electron chi connectivity index (χ0n) is 17.3. The van der Waals surface area contributed by atoms with E-state index in [4.69, 9.17) is 4.42 Å². The van der Waals surface area contributed by atoms with E-state index in [0.717, 1.165) is 12.1 Å². The average Bonchev–Trinajstić information content (AvgIpc) is 3.03. The lowest BCUT2D eigenvalue weighted by Gasteiger charge is -2.36. The second-order valence-corrected chi connectivity index (χ2v) is 8.43. The summed E-state index contributed by atoms with van der Waals surface area (Å²) in [6, 6.07) is 8.14. The summed E-state index contributed by atoms with van der Waals surface area (Å²) < 4.78 is 34.1. The molecule has 0 spiro atoms. The zero-order chi connectivity index (χ0) is 22.3. The minimum absolute atomic E-state index is 0.0545. The first-order valence-corrected chi connectivity index (χ1v) is 10.3. The Labute approximate surface area is 177 Å². The molecule has 1 fully saturated rings. The quantitative estimate of drug-likeness (QED) is 0.640. The van der Waals surface area contributed by atoms with Gasteiger partial charge in [0, 0.05) is 35.3 Å². The molecule has 0 atom stereocenters. The molecule has 1 aliphatic carbocycles. The molecule has 2 N–H and O–H groups in total. The van der Waals surface area contributed by atoms with Crippen molar-refractivity contribution in [3.05, 3.63) is 64.1 Å². The first-order chi connectivity index (χ1) is 14.7. The number of nitrogens with one attached hydrogen (secondary N) is 1. The molecule has 3 aromatic rings. The minimum atomic E-state index is -1.42. The van der Waals surface area contributed by atoms with Crippen LogP contribution in [0.15, 0.2) is 45.6 Å². The highest BCUT2D eigenvalue weighted by molar-refractivity contribution is 5.94. The van der Waals surface area contributed by atoms with E-state index in [1.807, 2.05) is 13.8 Å². The fourth-order valence-corrected chi connectivity index (χ4v) is 4.34. The van der Waals surface area contributed by atoms with Crippen LogP contribution in [0.3, 0.4) is 0 Å². The molecule has 1 saturated carbocycles. The van der Waals surface area contributed by atoms with Gasteiger partial charge < -0.3 is 14.8 Å². The molecule has 1 heterocycles. The number of anilines is 1. The molecule has 1 aromatic heterocycles. The summed E-state index contributed by atoms with van der Waals surface area (Å²) in [7, 11) is 0. The largest absolute Gasteiger partial charge is 0.420 e. The topological polar surface area (TPSA) is 84.5 Å². The number of benzene rings is 2. The number of hydrogen-bond acceptors (Lipinski definition) is 4. The van der Waals surface area contributed by atoms with Crippen molar-refractivity contribution in [3.8, 4) is 0 Å². The van der Waals surface area contributed by atoms with Crippen molar-refractivity contribution >= 4 is 22.7 Å². The van der Waals surface area contributed by atoms with Gasteiger partial charge in [-0.2, -0.15) is 0 Å². The van der Waals surface area contributed by atoms with Gasteiger partial charge in [-0.25, -0.2) is 13.6 Å². The number of aliphatic hydroxyl groups is 1. The Morgan fingerprint density at radius 3 is 2.55 bits per heavy atom. The van der Waals surface area contributed by atoms with Crippen molar-refractivity contribution in [3.63, 3.8) is 0 Å². The van der Waals surface area contributed by atoms with Gasteiger partial charge in [-0.3, -0.25) is 9.36 Å². The second-order valence-electron chi connectivity index (χ2n) is 8.43. The lowest BCUT2D eigenvalue weighted by Crippen LogP contribution is -2.36. The zero-order valence-corrected chi connectivity index (χ0v) is 17.3. The third kappa shape index (κ3) is 3.99. The highest BCUT2D eigenvalue weighted by atomic mass is 19.1. The maximum absolute atomic E-state index is 14.1. The van der Waals surface area contributed by atoms with Gasteiger partial charge >= 0.3 is 5.76 Å². The summed E-state index contributed by atoms with van der Waals surface area (Å²) >= 11 is 0. The highest BCUT2D eigenvalue weighted by Crippen LogP contribution is 2.41. The number of fused-ring (bicyclic) bond motifs is 1. The van der Waals surface area contributed by atoms with Crippen LogP contribution in [0.25, 0.3) is 11.1 Å². The molecule has 1 amide bonds. The number of aromatic nitrogens is 1. The van der Waals surface area contributed by atoms with E-state index in [0.29, 0.717) is 29.6 Å². The molecular weight excluding hydrogens is 406 g/mol. The summed E-state index contributed by atoms with van der Waals surface area (Å²) in [5.41, 5.74) is 0.190. The first-order valence-electron chi connectivity index (χ1n) is 10.3. The van der Waals surface area contributed by atoms with Crippen LogP contribution in [0.2, 0.25) is 0 Å². The van der Waals surface area contributed by atoms with Gasteiger partial charge in [0.25, 0.3) is 0 Å². The molecule has 0 unspecified atom stereocenters. The van der Waals surface area contributed by atoms with Gasteiger partial charge in [0.2, 0.25) is 5.91 Å². The molecule has 6 nitrogen and oxygen atoms in total. The van der Waals surface area contributed by atoms with Gasteiger partial charge in [-0.05, 0) is 57.7 Å². The maximum atomic E-state index is 14.1. The second kappa shape index (κ2) is 7.92. The molecule has 0 bridgehead atoms. The summed E-state index contributed by atoms with van der Waals surface area (Å²) in [6.07, 6.45) is 1.11. The van der Waals surface area contributed by atoms with Crippen molar-refractivity contribution in [2.45, 2.75) is 51.2 Å². The maximum Gasteiger partial charge on any atom is 0.420 e. The van der Waals surface area contributed by atoms with Gasteiger partial charge in [0.15, 0.2) is 5.58 Å². The van der Waals surface area contributed by atoms with Gasteiger partial charge in [0.05, 0.1) is 11.1 Å². The van der Waals surface area contributed by atoms with Gasteiger partial charge in [-0.1, -0.05) is 6.07 Å². The first kappa shape index (κ1) is 21.2. The number of hydrogen-bond donors (Lipinski definition) is 2. The van der Waals surface area contributed by atoms with Gasteiger partial charge in [-0.15, -0.1) is 0 Å². The monoisotopic (exact) mass is 430 g/mol. The van der Waals surface area contributed by atoms with Crippen LogP contribution in [0, 0.1) is 17.6 Å². The van der Waals surface area contributed by atoms with Gasteiger partial charge in [0.1, 0.15) is 11.6 Å². The Kier molecular flexibility index (Phi) is 5.43. The standard InChI is InChI=1S/C23H24F2N2O4/c1-13(2)27-19-6-4-16(12-20(19)31-22(27)29)26-21(28)14-7-9-23(30,10-8-14)17-5-3-15(24)11-18(17)25/h3-6,11-14,30H,7-10H2,1-2H3,(H,26,28). The number of halogens is 2. The Morgan fingerprint density at radius 2 is 1.90 bits per heavy atom. The van der Waals surface area contributed by atoms with Crippen molar-refractivity contribution < 1.29 is 23.1 Å². The van der Waals surface area contributed by atoms with E-state index in [2.05, 4.69) is 5.32 Å². The van der Waals surface area contributed by atoms with E-state index in [1.165, 1.54) is 10.6 Å². The normalized spacial score (nSPS) is 21.5. The van der Waals surface area contributed by atoms with E-state index >= 15 is 0 Å². The fourth-order valence-electron chi connectivity index (χ4n) is 4.34. The predicted octanol–water partition coefficient (Wildman–Crippen LogP) is 4.47. The number of amides is 1. The molecule has 0 aliphatic heterocycles. The molecule has 2 aromatic carbocycles. The molecule has 164 valence electrons. The predicted molar refractivity (Wildman–Crippen MR) is 112 cm³/mol. The molecule has 8 heteroatoms. The van der Waals surface area contributed by atoms with E-state index in [1.54, 1.807) is 18.2 Å². The van der Waals surface area contributed by atoms with Crippen LogP contribution in [0.5, 0.6) is 0 Å². The smallest absolute Gasteiger partial charge is 0.408 e. The van der Waals surface area contributed by atoms with Crippen molar-refractivity contribution in [2.75, 3.05) is 5.32 Å². The van der Waals surface area contributed by atoms with Crippen molar-refractivity contribution in [1.82, 2.24) is 4.57 Å². The summed E-state index contributed by atoms with van der Waals surface area (Å²) in [4.78, 5) is 24.7. The molecule has 4 rings (SSSR count). The van der Waals surface area contributed by atoms with Crippen LogP contribution >= 0.6 is 0 Å². The molecule has 0 saturated heterocycles. The number of nitrogens with zero attached hydrogens (tertiary/aromatic N) is 1. The Bertz CT molecular complexity index is 1190. The van der Waals surface area contributed by atoms with Crippen LogP contribution < -0.4 is 11.1 Å². The lowest BCUT2D eigenvalue weighted by atomic mass is 9.74. The summed E-state index contributed by atoms with van der Waals surface area (Å²) in [6.45, 7) is 3.77. The third-order valence-corrected chi connectivity index (χ3v) is 6.01. The van der Waals surface area contributed by atoms with E-state index < -0.39 is 23.0 Å². The van der Waals surface area contributed by atoms with Crippen LogP contribution in [-0.4, -0.2) is 15.6 Å².